The van der Waals surface area contributed by atoms with E-state index in [-0.39, 0.29) is 28.2 Å². The summed E-state index contributed by atoms with van der Waals surface area (Å²) in [4.78, 5) is 10.0. The summed E-state index contributed by atoms with van der Waals surface area (Å²) in [7, 11) is -3.85. The zero-order valence-electron chi connectivity index (χ0n) is 8.68. The number of benzene rings is 1. The van der Waals surface area contributed by atoms with Gasteiger partial charge in [0.05, 0.1) is 11.3 Å². The molecule has 1 aromatic carbocycles. The maximum absolute atomic E-state index is 13.4. The van der Waals surface area contributed by atoms with E-state index < -0.39 is 21.6 Å². The third-order valence-corrected chi connectivity index (χ3v) is 4.49. The first-order chi connectivity index (χ1) is 7.93. The first-order valence-electron chi connectivity index (χ1n) is 4.89. The van der Waals surface area contributed by atoms with Crippen LogP contribution in [0.25, 0.3) is 6.08 Å². The molecule has 0 unspecified atom stereocenters. The van der Waals surface area contributed by atoms with Crippen LogP contribution in [0.5, 0.6) is 0 Å². The third kappa shape index (κ3) is 1.95. The zero-order valence-corrected chi connectivity index (χ0v) is 9.50. The van der Waals surface area contributed by atoms with Crippen LogP contribution in [0.3, 0.4) is 0 Å². The van der Waals surface area contributed by atoms with Crippen LogP contribution in [0.15, 0.2) is 28.0 Å². The number of sulfone groups is 1. The van der Waals surface area contributed by atoms with Gasteiger partial charge in [0, 0.05) is 0 Å². The molecule has 0 aliphatic carbocycles. The number of aliphatic carboxylic acids is 1. The molecular formula is C11H9FO4S. The molecule has 0 saturated heterocycles. The normalized spacial score (nSPS) is 16.4. The number of halogens is 1. The van der Waals surface area contributed by atoms with Gasteiger partial charge in [-0.3, -0.25) is 4.79 Å². The highest BCUT2D eigenvalue weighted by Gasteiger charge is 2.32. The average Bonchev–Trinajstić information content (AvgIpc) is 2.48. The van der Waals surface area contributed by atoms with Crippen LogP contribution in [0.1, 0.15) is 18.4 Å². The second kappa shape index (κ2) is 3.96. The maximum Gasteiger partial charge on any atom is 0.303 e. The largest absolute Gasteiger partial charge is 0.481 e. The van der Waals surface area contributed by atoms with E-state index >= 15 is 0 Å². The Kier molecular flexibility index (Phi) is 2.74. The van der Waals surface area contributed by atoms with Crippen LogP contribution in [0, 0.1) is 5.82 Å². The van der Waals surface area contributed by atoms with Crippen molar-refractivity contribution in [2.24, 2.45) is 0 Å². The molecule has 4 nitrogen and oxygen atoms in total. The Morgan fingerprint density at radius 1 is 1.35 bits per heavy atom. The molecule has 0 saturated carbocycles. The van der Waals surface area contributed by atoms with Gasteiger partial charge in [-0.1, -0.05) is 12.1 Å². The molecule has 1 N–H and O–H groups in total. The summed E-state index contributed by atoms with van der Waals surface area (Å²) in [6.45, 7) is 0. The lowest BCUT2D eigenvalue weighted by Gasteiger charge is -2.02. The molecule has 0 radical (unpaired) electrons. The Bertz CT molecular complexity index is 616. The molecule has 6 heteroatoms. The van der Waals surface area contributed by atoms with Gasteiger partial charge in [-0.05, 0) is 24.1 Å². The van der Waals surface area contributed by atoms with Crippen molar-refractivity contribution in [1.82, 2.24) is 0 Å². The minimum atomic E-state index is -3.85. The lowest BCUT2D eigenvalue weighted by Crippen LogP contribution is -2.05. The average molecular weight is 256 g/mol. The van der Waals surface area contributed by atoms with Gasteiger partial charge >= 0.3 is 5.97 Å². The van der Waals surface area contributed by atoms with E-state index in [4.69, 9.17) is 5.11 Å². The number of carbonyl (C=O) groups is 1. The summed E-state index contributed by atoms with van der Waals surface area (Å²) in [6, 6.07) is 3.98. The lowest BCUT2D eigenvalue weighted by molar-refractivity contribution is -0.136. The Morgan fingerprint density at radius 2 is 2.06 bits per heavy atom. The molecule has 2 rings (SSSR count). The van der Waals surface area contributed by atoms with Crippen molar-refractivity contribution in [2.45, 2.75) is 17.7 Å². The summed E-state index contributed by atoms with van der Waals surface area (Å²) in [5.41, 5.74) is 0.283. The van der Waals surface area contributed by atoms with Crippen molar-refractivity contribution in [3.05, 3.63) is 34.5 Å². The van der Waals surface area contributed by atoms with Crippen LogP contribution in [0.2, 0.25) is 0 Å². The fraction of sp³-hybridized carbons (Fsp3) is 0.182. The molecule has 90 valence electrons. The second-order valence-corrected chi connectivity index (χ2v) is 5.61. The zero-order chi connectivity index (χ0) is 12.6. The molecule has 1 aliphatic rings. The van der Waals surface area contributed by atoms with Crippen molar-refractivity contribution in [1.29, 1.82) is 0 Å². The molecule has 0 amide bonds. The summed E-state index contributed by atoms with van der Waals surface area (Å²) in [5.74, 6) is -1.89. The van der Waals surface area contributed by atoms with Crippen molar-refractivity contribution in [3.63, 3.8) is 0 Å². The van der Waals surface area contributed by atoms with Gasteiger partial charge in [0.2, 0.25) is 9.84 Å². The molecule has 0 atom stereocenters. The number of rotatable bonds is 3. The summed E-state index contributed by atoms with van der Waals surface area (Å²) in [6.07, 6.45) is 0.920. The molecule has 0 spiro atoms. The van der Waals surface area contributed by atoms with Crippen LogP contribution in [0.4, 0.5) is 4.39 Å². The van der Waals surface area contributed by atoms with Crippen molar-refractivity contribution in [2.75, 3.05) is 0 Å². The van der Waals surface area contributed by atoms with E-state index in [1.165, 1.54) is 18.2 Å². The Hall–Kier alpha value is -1.69. The van der Waals surface area contributed by atoms with Gasteiger partial charge in [-0.25, -0.2) is 12.8 Å². The number of carboxylic acids is 1. The number of fused-ring (bicyclic) bond motifs is 1. The molecule has 17 heavy (non-hydrogen) atoms. The van der Waals surface area contributed by atoms with Crippen molar-refractivity contribution < 1.29 is 22.7 Å². The molecule has 1 aromatic rings. The second-order valence-electron chi connectivity index (χ2n) is 3.67. The first-order valence-corrected chi connectivity index (χ1v) is 6.37. The monoisotopic (exact) mass is 256 g/mol. The summed E-state index contributed by atoms with van der Waals surface area (Å²) < 4.78 is 37.3. The van der Waals surface area contributed by atoms with Crippen LogP contribution in [-0.2, 0) is 14.6 Å². The van der Waals surface area contributed by atoms with Crippen molar-refractivity contribution in [3.8, 4) is 0 Å². The Balaban J connectivity index is 2.43. The van der Waals surface area contributed by atoms with E-state index in [2.05, 4.69) is 0 Å². The predicted molar refractivity (Wildman–Crippen MR) is 58.4 cm³/mol. The number of allylic oxidation sites excluding steroid dienone is 1. The molecular weight excluding hydrogens is 247 g/mol. The van der Waals surface area contributed by atoms with Crippen molar-refractivity contribution >= 4 is 21.9 Å². The quantitative estimate of drug-likeness (QED) is 0.895. The topological polar surface area (TPSA) is 71.4 Å². The first kappa shape index (κ1) is 11.8. The summed E-state index contributed by atoms with van der Waals surface area (Å²) >= 11 is 0. The van der Waals surface area contributed by atoms with E-state index in [9.17, 15) is 17.6 Å². The fourth-order valence-corrected chi connectivity index (χ4v) is 3.42. The van der Waals surface area contributed by atoms with Gasteiger partial charge in [0.1, 0.15) is 10.7 Å². The van der Waals surface area contributed by atoms with Crippen LogP contribution < -0.4 is 0 Å². The highest BCUT2D eigenvalue weighted by atomic mass is 32.2. The standard InChI is InChI=1S/C11H9FO4S/c12-9-3-1-2-7-6-8(4-5-10(13)14)17(15,16)11(7)9/h1-3,6H,4-5H2,(H,13,14). The Morgan fingerprint density at radius 3 is 2.65 bits per heavy atom. The number of carboxylic acid groups (broad SMARTS) is 1. The molecule has 1 aliphatic heterocycles. The molecule has 0 aromatic heterocycles. The number of hydrogen-bond donors (Lipinski definition) is 1. The van der Waals surface area contributed by atoms with Gasteiger partial charge in [-0.2, -0.15) is 0 Å². The highest BCUT2D eigenvalue weighted by molar-refractivity contribution is 7.95. The van der Waals surface area contributed by atoms with Gasteiger partial charge in [0.15, 0.2) is 0 Å². The SMILES string of the molecule is O=C(O)CCC1=Cc2cccc(F)c2S1(=O)=O. The minimum Gasteiger partial charge on any atom is -0.481 e. The minimum absolute atomic E-state index is 0.0417. The maximum atomic E-state index is 13.4. The lowest BCUT2D eigenvalue weighted by atomic mass is 10.2. The Labute approximate surface area is 97.3 Å². The van der Waals surface area contributed by atoms with E-state index in [0.29, 0.717) is 0 Å². The van der Waals surface area contributed by atoms with Gasteiger partial charge in [-0.15, -0.1) is 0 Å². The van der Waals surface area contributed by atoms with E-state index in [1.807, 2.05) is 0 Å². The molecule has 0 bridgehead atoms. The summed E-state index contributed by atoms with van der Waals surface area (Å²) in [5, 5.41) is 8.52. The molecule has 0 fully saturated rings. The van der Waals surface area contributed by atoms with Gasteiger partial charge in [0.25, 0.3) is 0 Å². The fourth-order valence-electron chi connectivity index (χ4n) is 1.74. The van der Waals surface area contributed by atoms with E-state index in [0.717, 1.165) is 6.07 Å². The highest BCUT2D eigenvalue weighted by Crippen LogP contribution is 2.36. The smallest absolute Gasteiger partial charge is 0.303 e. The van der Waals surface area contributed by atoms with Crippen LogP contribution >= 0.6 is 0 Å². The molecule has 1 heterocycles. The van der Waals surface area contributed by atoms with Crippen LogP contribution in [-0.4, -0.2) is 19.5 Å². The van der Waals surface area contributed by atoms with Gasteiger partial charge < -0.3 is 5.11 Å². The van der Waals surface area contributed by atoms with E-state index in [1.54, 1.807) is 0 Å². The number of hydrogen-bond acceptors (Lipinski definition) is 3. The third-order valence-electron chi connectivity index (χ3n) is 2.51. The predicted octanol–water partition coefficient (Wildman–Crippen LogP) is 1.82.